The van der Waals surface area contributed by atoms with Gasteiger partial charge in [-0.15, -0.1) is 5.10 Å². The van der Waals surface area contributed by atoms with Gasteiger partial charge in [0.15, 0.2) is 6.29 Å². The van der Waals surface area contributed by atoms with Crippen LogP contribution in [0.4, 0.5) is 0 Å². The van der Waals surface area contributed by atoms with E-state index in [1.165, 1.54) is 0 Å². The number of carbonyl (C=O) groups excluding carboxylic acids is 1. The van der Waals surface area contributed by atoms with E-state index in [-0.39, 0.29) is 0 Å². The van der Waals surface area contributed by atoms with Crippen molar-refractivity contribution in [2.45, 2.75) is 0 Å². The second-order valence-electron chi connectivity index (χ2n) is 2.32. The first-order valence-corrected chi connectivity index (χ1v) is 4.06. The van der Waals surface area contributed by atoms with Crippen molar-refractivity contribution in [3.05, 3.63) is 22.2 Å². The maximum Gasteiger partial charge on any atom is 0.151 e. The van der Waals surface area contributed by atoms with Gasteiger partial charge in [0.2, 0.25) is 0 Å². The lowest BCUT2D eigenvalue weighted by atomic mass is 10.2. The maximum atomic E-state index is 10.5. The molecule has 0 amide bonds. The predicted octanol–water partition coefficient (Wildman–Crippen LogP) is 1.53. The van der Waals surface area contributed by atoms with Gasteiger partial charge in [-0.1, -0.05) is 5.21 Å². The highest BCUT2D eigenvalue weighted by Crippen LogP contribution is 2.19. The van der Waals surface area contributed by atoms with Crippen LogP contribution in [0.3, 0.4) is 0 Å². The Labute approximate surface area is 76.1 Å². The fourth-order valence-electron chi connectivity index (χ4n) is 0.973. The number of H-pyrrole nitrogens is 1. The summed E-state index contributed by atoms with van der Waals surface area (Å²) in [6.07, 6.45) is 0.776. The summed E-state index contributed by atoms with van der Waals surface area (Å²) in [6.45, 7) is 0. The summed E-state index contributed by atoms with van der Waals surface area (Å²) in [4.78, 5) is 10.5. The molecule has 0 bridgehead atoms. The lowest BCUT2D eigenvalue weighted by molar-refractivity contribution is 0.112. The van der Waals surface area contributed by atoms with E-state index in [4.69, 9.17) is 0 Å². The highest BCUT2D eigenvalue weighted by Gasteiger charge is 2.03. The van der Waals surface area contributed by atoms with Crippen LogP contribution in [0.1, 0.15) is 10.4 Å². The van der Waals surface area contributed by atoms with Crippen molar-refractivity contribution >= 4 is 33.2 Å². The Balaban J connectivity index is 2.81. The first-order valence-electron chi connectivity index (χ1n) is 3.27. The third-order valence-corrected chi connectivity index (χ3v) is 2.26. The van der Waals surface area contributed by atoms with Crippen molar-refractivity contribution in [1.82, 2.24) is 15.4 Å². The molecule has 2 aromatic rings. The van der Waals surface area contributed by atoms with Crippen molar-refractivity contribution < 1.29 is 4.79 Å². The van der Waals surface area contributed by atoms with Gasteiger partial charge in [-0.05, 0) is 28.1 Å². The zero-order valence-corrected chi connectivity index (χ0v) is 7.50. The molecule has 12 heavy (non-hydrogen) atoms. The van der Waals surface area contributed by atoms with Crippen LogP contribution in [0.2, 0.25) is 0 Å². The molecule has 0 aliphatic carbocycles. The van der Waals surface area contributed by atoms with E-state index < -0.39 is 0 Å². The van der Waals surface area contributed by atoms with Crippen LogP contribution in [-0.4, -0.2) is 21.7 Å². The van der Waals surface area contributed by atoms with Crippen molar-refractivity contribution in [3.63, 3.8) is 0 Å². The third kappa shape index (κ3) is 1.02. The Morgan fingerprint density at radius 2 is 2.33 bits per heavy atom. The lowest BCUT2D eigenvalue weighted by Crippen LogP contribution is -1.82. The number of nitrogens with zero attached hydrogens (tertiary/aromatic N) is 2. The average molecular weight is 226 g/mol. The van der Waals surface area contributed by atoms with Crippen molar-refractivity contribution in [2.75, 3.05) is 0 Å². The van der Waals surface area contributed by atoms with Crippen molar-refractivity contribution in [3.8, 4) is 0 Å². The van der Waals surface area contributed by atoms with Gasteiger partial charge in [0, 0.05) is 10.0 Å². The highest BCUT2D eigenvalue weighted by atomic mass is 79.9. The standard InChI is InChI=1S/C7H4BrN3O/c8-5-2-7-6(9-11-10-7)1-4(5)3-12/h1-3H,(H,9,10,11). The topological polar surface area (TPSA) is 58.6 Å². The van der Waals surface area contributed by atoms with E-state index in [1.807, 2.05) is 0 Å². The predicted molar refractivity (Wildman–Crippen MR) is 47.0 cm³/mol. The van der Waals surface area contributed by atoms with Crippen LogP contribution in [0.15, 0.2) is 16.6 Å². The number of aldehydes is 1. The number of hydrogen-bond donors (Lipinski definition) is 1. The van der Waals surface area contributed by atoms with E-state index in [0.717, 1.165) is 16.3 Å². The van der Waals surface area contributed by atoms with Crippen LogP contribution in [0.25, 0.3) is 11.0 Å². The lowest BCUT2D eigenvalue weighted by Gasteiger charge is -1.93. The molecule has 1 aromatic carbocycles. The molecular weight excluding hydrogens is 222 g/mol. The minimum atomic E-state index is 0.580. The van der Waals surface area contributed by atoms with Crippen LogP contribution in [-0.2, 0) is 0 Å². The summed E-state index contributed by atoms with van der Waals surface area (Å²) in [5.74, 6) is 0. The summed E-state index contributed by atoms with van der Waals surface area (Å²) in [5, 5.41) is 10.1. The first kappa shape index (κ1) is 7.42. The van der Waals surface area contributed by atoms with Crippen molar-refractivity contribution in [1.29, 1.82) is 0 Å². The smallest absolute Gasteiger partial charge is 0.151 e. The number of hydrogen-bond acceptors (Lipinski definition) is 3. The Kier molecular flexibility index (Phi) is 1.65. The number of halogens is 1. The molecule has 0 fully saturated rings. The van der Waals surface area contributed by atoms with E-state index in [2.05, 4.69) is 31.3 Å². The van der Waals surface area contributed by atoms with Gasteiger partial charge in [-0.25, -0.2) is 0 Å². The van der Waals surface area contributed by atoms with E-state index in [9.17, 15) is 4.79 Å². The van der Waals surface area contributed by atoms with Gasteiger partial charge in [0.1, 0.15) is 5.52 Å². The quantitative estimate of drug-likeness (QED) is 0.750. The third-order valence-electron chi connectivity index (χ3n) is 1.57. The molecule has 5 heteroatoms. The number of benzene rings is 1. The Morgan fingerprint density at radius 1 is 1.50 bits per heavy atom. The largest absolute Gasteiger partial charge is 0.298 e. The fraction of sp³-hybridized carbons (Fsp3) is 0. The van der Waals surface area contributed by atoms with E-state index in [0.29, 0.717) is 11.1 Å². The summed E-state index contributed by atoms with van der Waals surface area (Å²) >= 11 is 3.26. The fourth-order valence-corrected chi connectivity index (χ4v) is 1.41. The van der Waals surface area contributed by atoms with Crippen LogP contribution in [0.5, 0.6) is 0 Å². The van der Waals surface area contributed by atoms with Crippen LogP contribution >= 0.6 is 15.9 Å². The molecule has 0 saturated carbocycles. The molecule has 1 N–H and O–H groups in total. The summed E-state index contributed by atoms with van der Waals surface area (Å²) in [7, 11) is 0. The number of carbonyl (C=O) groups is 1. The molecule has 2 rings (SSSR count). The molecule has 0 saturated heterocycles. The summed E-state index contributed by atoms with van der Waals surface area (Å²) in [5.41, 5.74) is 2.09. The molecule has 1 aromatic heterocycles. The number of aromatic nitrogens is 3. The SMILES string of the molecule is O=Cc1cc2nn[nH]c2cc1Br. The van der Waals surface area contributed by atoms with Gasteiger partial charge < -0.3 is 0 Å². The molecule has 4 nitrogen and oxygen atoms in total. The Bertz CT molecular complexity index is 437. The molecular formula is C7H4BrN3O. The number of nitrogens with one attached hydrogen (secondary N) is 1. The molecule has 0 radical (unpaired) electrons. The second kappa shape index (κ2) is 2.67. The molecule has 0 aliphatic heterocycles. The highest BCUT2D eigenvalue weighted by molar-refractivity contribution is 9.10. The number of fused-ring (bicyclic) bond motifs is 1. The van der Waals surface area contributed by atoms with Gasteiger partial charge in [-0.3, -0.25) is 9.89 Å². The van der Waals surface area contributed by atoms with Gasteiger partial charge in [0.25, 0.3) is 0 Å². The van der Waals surface area contributed by atoms with Crippen molar-refractivity contribution in [2.24, 2.45) is 0 Å². The van der Waals surface area contributed by atoms with E-state index >= 15 is 0 Å². The van der Waals surface area contributed by atoms with Crippen LogP contribution in [0, 0.1) is 0 Å². The van der Waals surface area contributed by atoms with E-state index in [1.54, 1.807) is 12.1 Å². The molecule has 0 atom stereocenters. The second-order valence-corrected chi connectivity index (χ2v) is 3.17. The zero-order chi connectivity index (χ0) is 8.55. The minimum absolute atomic E-state index is 0.580. The van der Waals surface area contributed by atoms with Crippen LogP contribution < -0.4 is 0 Å². The minimum Gasteiger partial charge on any atom is -0.298 e. The zero-order valence-electron chi connectivity index (χ0n) is 5.91. The summed E-state index contributed by atoms with van der Waals surface area (Å²) < 4.78 is 0.746. The number of aromatic amines is 1. The van der Waals surface area contributed by atoms with Gasteiger partial charge in [-0.2, -0.15) is 0 Å². The number of rotatable bonds is 1. The Hall–Kier alpha value is -1.23. The molecule has 0 spiro atoms. The normalized spacial score (nSPS) is 10.4. The Morgan fingerprint density at radius 3 is 3.08 bits per heavy atom. The van der Waals surface area contributed by atoms with Gasteiger partial charge >= 0.3 is 0 Å². The first-order chi connectivity index (χ1) is 5.81. The maximum absolute atomic E-state index is 10.5. The summed E-state index contributed by atoms with van der Waals surface area (Å²) in [6, 6.07) is 3.45. The van der Waals surface area contributed by atoms with Gasteiger partial charge in [0.05, 0.1) is 5.52 Å². The molecule has 60 valence electrons. The molecule has 0 aliphatic rings. The monoisotopic (exact) mass is 225 g/mol. The molecule has 1 heterocycles. The average Bonchev–Trinajstić information content (AvgIpc) is 2.49. The molecule has 0 unspecified atom stereocenters.